The Morgan fingerprint density at radius 2 is 1.62 bits per heavy atom. The van der Waals surface area contributed by atoms with E-state index in [-0.39, 0.29) is 17.4 Å². The maximum atomic E-state index is 13.6. The number of aromatic hydroxyl groups is 1. The number of anilines is 2. The van der Waals surface area contributed by atoms with Gasteiger partial charge in [0.2, 0.25) is 5.91 Å². The van der Waals surface area contributed by atoms with Crippen molar-refractivity contribution in [2.75, 3.05) is 17.1 Å². The molecular weight excluding hydrogens is 476 g/mol. The van der Waals surface area contributed by atoms with Gasteiger partial charge in [-0.3, -0.25) is 14.4 Å². The first-order valence-electron chi connectivity index (χ1n) is 10.0. The number of halogens is 1. The molecule has 2 aliphatic rings. The number of imide groups is 1. The maximum Gasteiger partial charge on any atom is 0.266 e. The molecule has 0 spiro atoms. The summed E-state index contributed by atoms with van der Waals surface area (Å²) >= 11 is 3.37. The number of nitrogens with zero attached hydrogens (tertiary/aromatic N) is 2. The number of benzene rings is 3. The number of rotatable bonds is 4. The average molecular weight is 495 g/mol. The zero-order valence-corrected chi connectivity index (χ0v) is 18.6. The number of phenolic OH excluding ortho intramolecular Hbond substituents is 1. The molecule has 8 heteroatoms. The van der Waals surface area contributed by atoms with Gasteiger partial charge in [0.15, 0.2) is 17.6 Å². The van der Waals surface area contributed by atoms with Crippen molar-refractivity contribution in [3.63, 3.8) is 0 Å². The first kappa shape index (κ1) is 20.5. The van der Waals surface area contributed by atoms with Gasteiger partial charge in [-0.2, -0.15) is 0 Å². The minimum atomic E-state index is -1.01. The standard InChI is InChI=1S/C24H19BrN2O5/c1-31-18-9-5-8-17(21(18)28)20-19-22(32-27(20)16-6-3-2-4-7-16)24(30)26(23(19)29)15-12-10-14(25)11-13-15/h2-13,19-20,22,28H,1H3/t19-,20-,22-/m0/s1. The van der Waals surface area contributed by atoms with E-state index in [9.17, 15) is 14.7 Å². The van der Waals surface area contributed by atoms with Gasteiger partial charge in [-0.1, -0.05) is 46.3 Å². The number of fused-ring (bicyclic) bond motifs is 1. The summed E-state index contributed by atoms with van der Waals surface area (Å²) in [6, 6.07) is 20.5. The number of hydrogen-bond acceptors (Lipinski definition) is 6. The minimum absolute atomic E-state index is 0.0903. The van der Waals surface area contributed by atoms with Gasteiger partial charge in [-0.25, -0.2) is 9.96 Å². The van der Waals surface area contributed by atoms with Gasteiger partial charge in [-0.05, 0) is 42.5 Å². The zero-order chi connectivity index (χ0) is 22.4. The monoisotopic (exact) mass is 494 g/mol. The summed E-state index contributed by atoms with van der Waals surface area (Å²) in [6.45, 7) is 0. The first-order chi connectivity index (χ1) is 15.5. The van der Waals surface area contributed by atoms with Gasteiger partial charge >= 0.3 is 0 Å². The van der Waals surface area contributed by atoms with Crippen molar-refractivity contribution in [2.24, 2.45) is 5.92 Å². The molecule has 3 aromatic carbocycles. The molecule has 2 aliphatic heterocycles. The van der Waals surface area contributed by atoms with Crippen molar-refractivity contribution in [1.29, 1.82) is 0 Å². The zero-order valence-electron chi connectivity index (χ0n) is 17.0. The minimum Gasteiger partial charge on any atom is -0.504 e. The lowest BCUT2D eigenvalue weighted by molar-refractivity contribution is -0.126. The van der Waals surface area contributed by atoms with Gasteiger partial charge in [0.1, 0.15) is 12.0 Å². The van der Waals surface area contributed by atoms with Crippen LogP contribution in [0.25, 0.3) is 0 Å². The van der Waals surface area contributed by atoms with E-state index < -0.39 is 24.0 Å². The highest BCUT2D eigenvalue weighted by atomic mass is 79.9. The Kier molecular flexibility index (Phi) is 5.11. The second kappa shape index (κ2) is 7.96. The molecule has 2 heterocycles. The predicted molar refractivity (Wildman–Crippen MR) is 121 cm³/mol. The smallest absolute Gasteiger partial charge is 0.266 e. The Morgan fingerprint density at radius 3 is 2.31 bits per heavy atom. The number of methoxy groups -OCH3 is 1. The summed E-state index contributed by atoms with van der Waals surface area (Å²) in [5.74, 6) is -1.47. The third-order valence-corrected chi connectivity index (χ3v) is 6.31. The number of carbonyl (C=O) groups excluding carboxylic acids is 2. The lowest BCUT2D eigenvalue weighted by Gasteiger charge is -2.29. The van der Waals surface area contributed by atoms with Gasteiger partial charge in [-0.15, -0.1) is 0 Å². The topological polar surface area (TPSA) is 79.3 Å². The van der Waals surface area contributed by atoms with Crippen molar-refractivity contribution in [3.8, 4) is 11.5 Å². The third kappa shape index (κ3) is 3.14. The molecule has 3 aromatic rings. The van der Waals surface area contributed by atoms with E-state index in [0.29, 0.717) is 16.9 Å². The van der Waals surface area contributed by atoms with Crippen LogP contribution in [-0.4, -0.2) is 30.1 Å². The molecule has 0 aromatic heterocycles. The van der Waals surface area contributed by atoms with E-state index in [1.807, 2.05) is 30.3 Å². The Bertz CT molecular complexity index is 1180. The Hall–Kier alpha value is -3.36. The van der Waals surface area contributed by atoms with Crippen LogP contribution in [0.1, 0.15) is 11.6 Å². The molecule has 7 nitrogen and oxygen atoms in total. The SMILES string of the molecule is COc1cccc([C@H]2[C@@H]3C(=O)N(c4ccc(Br)cc4)C(=O)[C@H]3ON2c2ccccc2)c1O. The predicted octanol–water partition coefficient (Wildman–Crippen LogP) is 4.21. The Morgan fingerprint density at radius 1 is 0.906 bits per heavy atom. The van der Waals surface area contributed by atoms with Crippen LogP contribution in [0.5, 0.6) is 11.5 Å². The highest BCUT2D eigenvalue weighted by molar-refractivity contribution is 9.10. The van der Waals surface area contributed by atoms with Gasteiger partial charge in [0.25, 0.3) is 5.91 Å². The summed E-state index contributed by atoms with van der Waals surface area (Å²) < 4.78 is 6.11. The number of hydrogen-bond donors (Lipinski definition) is 1. The van der Waals surface area contributed by atoms with Crippen molar-refractivity contribution < 1.29 is 24.3 Å². The Labute approximate surface area is 192 Å². The van der Waals surface area contributed by atoms with Crippen LogP contribution in [-0.2, 0) is 14.4 Å². The molecule has 3 atom stereocenters. The summed E-state index contributed by atoms with van der Waals surface area (Å²) in [7, 11) is 1.46. The molecule has 32 heavy (non-hydrogen) atoms. The molecule has 0 aliphatic carbocycles. The van der Waals surface area contributed by atoms with Gasteiger partial charge in [0, 0.05) is 10.0 Å². The number of ether oxygens (including phenoxy) is 1. The van der Waals surface area contributed by atoms with E-state index in [1.165, 1.54) is 7.11 Å². The lowest BCUT2D eigenvalue weighted by Crippen LogP contribution is -2.37. The van der Waals surface area contributed by atoms with Crippen molar-refractivity contribution >= 4 is 39.1 Å². The maximum absolute atomic E-state index is 13.6. The lowest BCUT2D eigenvalue weighted by atomic mass is 9.90. The Balaban J connectivity index is 1.62. The van der Waals surface area contributed by atoms with Gasteiger partial charge in [0.05, 0.1) is 18.5 Å². The molecule has 2 saturated heterocycles. The quantitative estimate of drug-likeness (QED) is 0.547. The van der Waals surface area contributed by atoms with Crippen molar-refractivity contribution in [3.05, 3.63) is 82.8 Å². The van der Waals surface area contributed by atoms with Crippen LogP contribution in [0.3, 0.4) is 0 Å². The fraction of sp³-hybridized carbons (Fsp3) is 0.167. The largest absolute Gasteiger partial charge is 0.504 e. The van der Waals surface area contributed by atoms with Crippen molar-refractivity contribution in [1.82, 2.24) is 0 Å². The molecule has 0 saturated carbocycles. The summed E-state index contributed by atoms with van der Waals surface area (Å²) in [5.41, 5.74) is 1.59. The molecule has 2 fully saturated rings. The number of para-hydroxylation sites is 2. The molecule has 0 radical (unpaired) electrons. The highest BCUT2D eigenvalue weighted by Gasteiger charge is 2.60. The molecule has 1 N–H and O–H groups in total. The van der Waals surface area contributed by atoms with E-state index in [2.05, 4.69) is 15.9 Å². The van der Waals surface area contributed by atoms with Crippen LogP contribution in [0.15, 0.2) is 77.3 Å². The van der Waals surface area contributed by atoms with Gasteiger partial charge < -0.3 is 9.84 Å². The second-order valence-corrected chi connectivity index (χ2v) is 8.46. The van der Waals surface area contributed by atoms with E-state index in [4.69, 9.17) is 9.57 Å². The van der Waals surface area contributed by atoms with Crippen LogP contribution >= 0.6 is 15.9 Å². The summed E-state index contributed by atoms with van der Waals surface area (Å²) in [6.07, 6.45) is -1.01. The van der Waals surface area contributed by atoms with E-state index >= 15 is 0 Å². The molecule has 162 valence electrons. The van der Waals surface area contributed by atoms with Crippen LogP contribution in [0, 0.1) is 5.92 Å². The fourth-order valence-corrected chi connectivity index (χ4v) is 4.58. The fourth-order valence-electron chi connectivity index (χ4n) is 4.32. The number of carbonyl (C=O) groups is 2. The molecular formula is C24H19BrN2O5. The molecule has 0 unspecified atom stereocenters. The van der Waals surface area contributed by atoms with E-state index in [0.717, 1.165) is 9.37 Å². The number of amides is 2. The van der Waals surface area contributed by atoms with Crippen LogP contribution in [0.4, 0.5) is 11.4 Å². The van der Waals surface area contributed by atoms with E-state index in [1.54, 1.807) is 47.5 Å². The van der Waals surface area contributed by atoms with Crippen LogP contribution < -0.4 is 14.7 Å². The molecule has 2 amide bonds. The summed E-state index contributed by atoms with van der Waals surface area (Å²) in [4.78, 5) is 34.1. The molecule has 5 rings (SSSR count). The number of phenols is 1. The number of hydroxylamine groups is 1. The van der Waals surface area contributed by atoms with Crippen LogP contribution in [0.2, 0.25) is 0 Å². The average Bonchev–Trinajstić information content (AvgIpc) is 3.31. The normalized spacial score (nSPS) is 22.4. The third-order valence-electron chi connectivity index (χ3n) is 5.78. The first-order valence-corrected chi connectivity index (χ1v) is 10.8. The molecule has 0 bridgehead atoms. The second-order valence-electron chi connectivity index (χ2n) is 7.54. The highest BCUT2D eigenvalue weighted by Crippen LogP contribution is 2.50. The summed E-state index contributed by atoms with van der Waals surface area (Å²) in [5, 5.41) is 12.4. The van der Waals surface area contributed by atoms with Crippen molar-refractivity contribution in [2.45, 2.75) is 12.1 Å².